The molecule has 0 amide bonds. The minimum Gasteiger partial charge on any atom is -0.371 e. The van der Waals surface area contributed by atoms with E-state index in [2.05, 4.69) is 52.4 Å². The van der Waals surface area contributed by atoms with Crippen molar-refractivity contribution in [2.75, 3.05) is 38.1 Å². The zero-order valence-corrected chi connectivity index (χ0v) is 19.0. The van der Waals surface area contributed by atoms with Crippen LogP contribution >= 0.6 is 24.0 Å². The van der Waals surface area contributed by atoms with Crippen molar-refractivity contribution in [3.8, 4) is 0 Å². The fraction of sp³-hybridized carbons (Fsp3) is 0.409. The van der Waals surface area contributed by atoms with Gasteiger partial charge >= 0.3 is 0 Å². The zero-order valence-electron chi connectivity index (χ0n) is 16.6. The summed E-state index contributed by atoms with van der Waals surface area (Å²) in [5, 5.41) is 3.37. The highest BCUT2D eigenvalue weighted by Gasteiger charge is 2.22. The Balaban J connectivity index is 0.00000280. The first kappa shape index (κ1) is 22.5. The van der Waals surface area contributed by atoms with Crippen LogP contribution in [0, 0.1) is 11.7 Å². The van der Waals surface area contributed by atoms with E-state index in [4.69, 9.17) is 4.99 Å². The maximum Gasteiger partial charge on any atom is 0.193 e. The van der Waals surface area contributed by atoms with Crippen LogP contribution in [0.2, 0.25) is 0 Å². The van der Waals surface area contributed by atoms with Crippen molar-refractivity contribution in [1.82, 2.24) is 10.2 Å². The Kier molecular flexibility index (Phi) is 9.02. The number of benzene rings is 2. The molecule has 28 heavy (non-hydrogen) atoms. The molecule has 0 aliphatic carbocycles. The largest absolute Gasteiger partial charge is 0.371 e. The minimum atomic E-state index is -0.203. The molecule has 1 aliphatic heterocycles. The first-order chi connectivity index (χ1) is 13.2. The van der Waals surface area contributed by atoms with Crippen molar-refractivity contribution in [2.45, 2.75) is 19.9 Å². The average Bonchev–Trinajstić information content (AvgIpc) is 3.16. The van der Waals surface area contributed by atoms with Gasteiger partial charge in [0.05, 0.1) is 0 Å². The summed E-state index contributed by atoms with van der Waals surface area (Å²) in [5.41, 5.74) is 2.37. The molecule has 1 atom stereocenters. The van der Waals surface area contributed by atoms with E-state index in [9.17, 15) is 4.39 Å². The molecule has 6 heteroatoms. The van der Waals surface area contributed by atoms with Gasteiger partial charge in [0.15, 0.2) is 5.96 Å². The number of hydrogen-bond donors (Lipinski definition) is 1. The van der Waals surface area contributed by atoms with Gasteiger partial charge in [-0.2, -0.15) is 0 Å². The molecule has 2 aromatic carbocycles. The Morgan fingerprint density at radius 3 is 2.57 bits per heavy atom. The molecule has 2 aromatic rings. The smallest absolute Gasteiger partial charge is 0.193 e. The van der Waals surface area contributed by atoms with E-state index in [1.54, 1.807) is 0 Å². The van der Waals surface area contributed by atoms with E-state index >= 15 is 0 Å². The van der Waals surface area contributed by atoms with Gasteiger partial charge in [0.25, 0.3) is 0 Å². The topological polar surface area (TPSA) is 30.9 Å². The first-order valence-corrected chi connectivity index (χ1v) is 9.69. The van der Waals surface area contributed by atoms with Crippen molar-refractivity contribution in [2.24, 2.45) is 10.9 Å². The molecule has 0 bridgehead atoms. The molecule has 4 nitrogen and oxygen atoms in total. The Bertz CT molecular complexity index is 736. The van der Waals surface area contributed by atoms with Crippen LogP contribution < -0.4 is 10.2 Å². The van der Waals surface area contributed by atoms with Crippen LogP contribution in [0.5, 0.6) is 0 Å². The lowest BCUT2D eigenvalue weighted by atomic mass is 10.1. The van der Waals surface area contributed by atoms with Gasteiger partial charge in [-0.3, -0.25) is 4.99 Å². The molecule has 1 fully saturated rings. The van der Waals surface area contributed by atoms with E-state index in [-0.39, 0.29) is 29.8 Å². The van der Waals surface area contributed by atoms with Crippen molar-refractivity contribution >= 4 is 35.6 Å². The van der Waals surface area contributed by atoms with Crippen molar-refractivity contribution in [3.05, 3.63) is 66.0 Å². The molecule has 1 aliphatic rings. The second-order valence-electron chi connectivity index (χ2n) is 7.11. The Morgan fingerprint density at radius 1 is 1.18 bits per heavy atom. The zero-order chi connectivity index (χ0) is 19.1. The minimum absolute atomic E-state index is 0. The average molecular weight is 496 g/mol. The Morgan fingerprint density at radius 2 is 1.89 bits per heavy atom. The maximum absolute atomic E-state index is 13.1. The lowest BCUT2D eigenvalue weighted by molar-refractivity contribution is 0.471. The molecular weight excluding hydrogens is 466 g/mol. The quantitative estimate of drug-likeness (QED) is 0.366. The summed E-state index contributed by atoms with van der Waals surface area (Å²) < 4.78 is 13.1. The third-order valence-electron chi connectivity index (χ3n) is 4.94. The second kappa shape index (κ2) is 11.2. The van der Waals surface area contributed by atoms with Crippen molar-refractivity contribution < 1.29 is 4.39 Å². The molecule has 0 spiro atoms. The summed E-state index contributed by atoms with van der Waals surface area (Å²) >= 11 is 0. The number of para-hydroxylation sites is 1. The summed E-state index contributed by atoms with van der Waals surface area (Å²) in [6.45, 7) is 6.56. The monoisotopic (exact) mass is 496 g/mol. The van der Waals surface area contributed by atoms with E-state index in [1.807, 2.05) is 19.2 Å². The maximum atomic E-state index is 13.1. The number of nitrogens with one attached hydrogen (secondary N) is 1. The molecule has 0 aromatic heterocycles. The van der Waals surface area contributed by atoms with Crippen LogP contribution in [-0.2, 0) is 6.54 Å². The van der Waals surface area contributed by atoms with Crippen molar-refractivity contribution in [3.63, 3.8) is 0 Å². The van der Waals surface area contributed by atoms with E-state index < -0.39 is 0 Å². The third-order valence-corrected chi connectivity index (χ3v) is 4.94. The highest BCUT2D eigenvalue weighted by molar-refractivity contribution is 14.0. The SMILES string of the molecule is CCNC(=NCC1CCN(c2ccccc2)C1)N(C)Cc1ccc(F)cc1.I. The molecular formula is C22H30FIN4. The molecule has 152 valence electrons. The Hall–Kier alpha value is -1.83. The highest BCUT2D eigenvalue weighted by atomic mass is 127. The predicted molar refractivity (Wildman–Crippen MR) is 126 cm³/mol. The predicted octanol–water partition coefficient (Wildman–Crippen LogP) is 4.37. The number of hydrogen-bond acceptors (Lipinski definition) is 2. The molecule has 1 saturated heterocycles. The standard InChI is InChI=1S/C22H29FN4.HI/c1-3-24-22(26(2)16-18-9-11-20(23)12-10-18)25-15-19-13-14-27(17-19)21-7-5-4-6-8-21;/h4-12,19H,3,13-17H2,1-2H3,(H,24,25);1H. The Labute approximate surface area is 184 Å². The number of anilines is 1. The van der Waals surface area contributed by atoms with Gasteiger partial charge in [-0.15, -0.1) is 24.0 Å². The van der Waals surface area contributed by atoms with Gasteiger partial charge in [-0.1, -0.05) is 30.3 Å². The summed E-state index contributed by atoms with van der Waals surface area (Å²) in [6.07, 6.45) is 1.17. The van der Waals surface area contributed by atoms with E-state index in [0.29, 0.717) is 12.5 Å². The molecule has 0 saturated carbocycles. The lowest BCUT2D eigenvalue weighted by Crippen LogP contribution is -2.39. The number of nitrogens with zero attached hydrogens (tertiary/aromatic N) is 3. The van der Waals surface area contributed by atoms with Crippen LogP contribution in [0.1, 0.15) is 18.9 Å². The summed E-state index contributed by atoms with van der Waals surface area (Å²) in [5.74, 6) is 1.27. The lowest BCUT2D eigenvalue weighted by Gasteiger charge is -2.23. The number of aliphatic imine (C=N–C) groups is 1. The second-order valence-corrected chi connectivity index (χ2v) is 7.11. The first-order valence-electron chi connectivity index (χ1n) is 9.69. The van der Waals surface area contributed by atoms with Crippen molar-refractivity contribution in [1.29, 1.82) is 0 Å². The molecule has 0 radical (unpaired) electrons. The normalized spacial score (nSPS) is 16.6. The van der Waals surface area contributed by atoms with E-state index in [1.165, 1.54) is 24.2 Å². The van der Waals surface area contributed by atoms with Crippen LogP contribution in [0.25, 0.3) is 0 Å². The summed E-state index contributed by atoms with van der Waals surface area (Å²) in [6, 6.07) is 17.2. The van der Waals surface area contributed by atoms with E-state index in [0.717, 1.165) is 37.7 Å². The van der Waals surface area contributed by atoms with Crippen LogP contribution in [0.15, 0.2) is 59.6 Å². The third kappa shape index (κ3) is 6.36. The number of rotatable bonds is 6. The van der Waals surface area contributed by atoms with Gasteiger partial charge in [0.2, 0.25) is 0 Å². The fourth-order valence-electron chi connectivity index (χ4n) is 3.48. The fourth-order valence-corrected chi connectivity index (χ4v) is 3.48. The van der Waals surface area contributed by atoms with Crippen LogP contribution in [0.3, 0.4) is 0 Å². The van der Waals surface area contributed by atoms with Gasteiger partial charge in [0, 0.05) is 45.5 Å². The highest BCUT2D eigenvalue weighted by Crippen LogP contribution is 2.23. The molecule has 1 heterocycles. The van der Waals surface area contributed by atoms with Crippen LogP contribution in [-0.4, -0.2) is 44.1 Å². The number of guanidine groups is 1. The van der Waals surface area contributed by atoms with Gasteiger partial charge < -0.3 is 15.1 Å². The summed E-state index contributed by atoms with van der Waals surface area (Å²) in [7, 11) is 2.02. The van der Waals surface area contributed by atoms with Gasteiger partial charge in [0.1, 0.15) is 5.82 Å². The van der Waals surface area contributed by atoms with Gasteiger partial charge in [-0.25, -0.2) is 4.39 Å². The van der Waals surface area contributed by atoms with Crippen LogP contribution in [0.4, 0.5) is 10.1 Å². The molecule has 3 rings (SSSR count). The number of halogens is 2. The molecule has 1 unspecified atom stereocenters. The summed E-state index contributed by atoms with van der Waals surface area (Å²) in [4.78, 5) is 9.41. The van der Waals surface area contributed by atoms with Gasteiger partial charge in [-0.05, 0) is 49.1 Å². The molecule has 1 N–H and O–H groups in total.